The minimum atomic E-state index is 1.14. The molecule has 0 spiro atoms. The molecule has 692 valence electrons. The maximum atomic E-state index is 2.47. The van der Waals surface area contributed by atoms with Crippen LogP contribution in [0.1, 0.15) is 0 Å². The second-order valence-corrected chi connectivity index (χ2v) is 38.6. The first-order valence-electron chi connectivity index (χ1n) is 50.9. The van der Waals surface area contributed by atoms with Crippen LogP contribution in [-0.4, -0.2) is 27.4 Å². The quantitative estimate of drug-likeness (QED) is 0.104. The molecule has 0 unspecified atom stereocenters. The van der Waals surface area contributed by atoms with Crippen LogP contribution in [0.5, 0.6) is 0 Å². The predicted octanol–water partition coefficient (Wildman–Crippen LogP) is 38.1. The molecule has 30 aromatic rings. The molecule has 0 saturated heterocycles. The van der Waals surface area contributed by atoms with E-state index in [2.05, 4.69) is 598 Å². The molecular weight excluding hydrogens is 1790 g/mol. The Morgan fingerprint density at radius 1 is 0.101 bits per heavy atom. The van der Waals surface area contributed by atoms with Crippen LogP contribution in [0.2, 0.25) is 0 Å². The summed E-state index contributed by atoms with van der Waals surface area (Å²) >= 11 is 0. The van der Waals surface area contributed by atoms with Gasteiger partial charge in [0.1, 0.15) is 0 Å². The maximum Gasteiger partial charge on any atom is 0.0619 e. The molecule has 6 aromatic heterocycles. The van der Waals surface area contributed by atoms with Crippen LogP contribution in [0.25, 0.3) is 265 Å². The Morgan fingerprint density at radius 2 is 0.378 bits per heavy atom. The summed E-state index contributed by atoms with van der Waals surface area (Å²) in [5.74, 6) is 0. The SMILES string of the molecule is c1ccc(-c2cc(-c3ccccc3)cc(-n3c4ccccc4c4cc5c6cccc(-c7ccccc7)c6n(-c6ccccc6)c5cc43)c2)cc1.c1ccc(-c2ccc(-n3c4cc(-c5ccccc5)ccc4c4cc5c6ccccc6n(-c6ccc7ccccc7c6)c5cc43)cc2)cc1.c1ccc(-c2cccc(-c3cccc(-n4c5ccccc5c5cc6c7c(-c8ccccc8)cccc7n(-c7ccccc7)c6cc54)c3)c2)cc1. The Balaban J connectivity index is 0.000000107. The lowest BCUT2D eigenvalue weighted by Gasteiger charge is -2.14. The maximum absolute atomic E-state index is 2.47. The number of rotatable bonds is 14. The summed E-state index contributed by atoms with van der Waals surface area (Å²) < 4.78 is 14.7. The molecule has 6 nitrogen and oxygen atoms in total. The van der Waals surface area contributed by atoms with Gasteiger partial charge in [-0.05, 0) is 246 Å². The molecule has 0 aliphatic rings. The summed E-state index contributed by atoms with van der Waals surface area (Å²) in [7, 11) is 0. The smallest absolute Gasteiger partial charge is 0.0619 e. The third kappa shape index (κ3) is 15.0. The zero-order valence-corrected chi connectivity index (χ0v) is 81.0. The standard InChI is InChI=1S/2C48H32N2.C46H30N2/c1-5-16-33(17-6-1)36-28-37(34-18-7-2-8-19-34)30-39(29-36)49-45-27-14-13-24-41(45)43-31-44-42-26-15-25-40(35-20-9-3-10-21-35)48(42)50(47(44)32-46(43)49)38-22-11-4-12-23-38;1-4-15-33(16-5-1)35-19-12-20-36(29-35)37-21-13-24-39(30-37)50-44-27-11-10-25-41(44)42-31-43-47(32-46(42)50)49(38-22-8-3-9-23-38)45-28-14-26-40(48(43)45)34-17-6-2-7-18-34;1-3-11-31(12-4-1)34-19-23-37(24-20-34)47-44-28-36(32-13-5-2-6-14-32)22-26-40(44)42-29-41-39-17-9-10-18-43(39)48(46(41)30-45(42)47)38-25-21-33-15-7-8-16-35(33)27-38/h2*1-32H;1-30H. The third-order valence-electron chi connectivity index (χ3n) is 30.1. The molecule has 0 saturated carbocycles. The van der Waals surface area contributed by atoms with Gasteiger partial charge in [0.2, 0.25) is 0 Å². The summed E-state index contributed by atoms with van der Waals surface area (Å²) in [6, 6.07) is 207. The van der Waals surface area contributed by atoms with E-state index in [1.54, 1.807) is 0 Å². The van der Waals surface area contributed by atoms with Crippen LogP contribution >= 0.6 is 0 Å². The van der Waals surface area contributed by atoms with Crippen molar-refractivity contribution in [2.45, 2.75) is 0 Å². The number of aromatic nitrogens is 6. The number of benzene rings is 24. The first-order valence-corrected chi connectivity index (χ1v) is 50.9. The molecule has 0 fully saturated rings. The number of hydrogen-bond acceptors (Lipinski definition) is 0. The summed E-state index contributed by atoms with van der Waals surface area (Å²) in [4.78, 5) is 0. The average Bonchev–Trinajstić information content (AvgIpc) is 1.57. The van der Waals surface area contributed by atoms with Crippen LogP contribution in [0, 0.1) is 0 Å². The minimum absolute atomic E-state index is 1.14. The van der Waals surface area contributed by atoms with E-state index in [-0.39, 0.29) is 0 Å². The van der Waals surface area contributed by atoms with E-state index in [1.165, 1.54) is 236 Å². The predicted molar refractivity (Wildman–Crippen MR) is 626 cm³/mol. The second kappa shape index (κ2) is 36.4. The zero-order valence-electron chi connectivity index (χ0n) is 81.0. The number of para-hydroxylation sites is 6. The normalized spacial score (nSPS) is 11.6. The van der Waals surface area contributed by atoms with Gasteiger partial charge in [-0.2, -0.15) is 0 Å². The highest BCUT2D eigenvalue weighted by atomic mass is 15.0. The molecule has 0 bridgehead atoms. The van der Waals surface area contributed by atoms with Crippen LogP contribution in [0.3, 0.4) is 0 Å². The molecule has 0 aliphatic carbocycles. The Hall–Kier alpha value is -19.7. The fraction of sp³-hybridized carbons (Fsp3) is 0. The third-order valence-corrected chi connectivity index (χ3v) is 30.1. The van der Waals surface area contributed by atoms with Crippen molar-refractivity contribution >= 4 is 142 Å². The van der Waals surface area contributed by atoms with Gasteiger partial charge in [0.15, 0.2) is 0 Å². The highest BCUT2D eigenvalue weighted by Gasteiger charge is 2.27. The number of hydrogen-bond donors (Lipinski definition) is 0. The van der Waals surface area contributed by atoms with E-state index in [4.69, 9.17) is 0 Å². The topological polar surface area (TPSA) is 29.6 Å². The van der Waals surface area contributed by atoms with Crippen molar-refractivity contribution in [3.8, 4) is 123 Å². The molecule has 0 radical (unpaired) electrons. The van der Waals surface area contributed by atoms with Crippen molar-refractivity contribution < 1.29 is 0 Å². The van der Waals surface area contributed by atoms with Gasteiger partial charge >= 0.3 is 0 Å². The summed E-state index contributed by atoms with van der Waals surface area (Å²) in [5.41, 5.74) is 40.7. The van der Waals surface area contributed by atoms with Crippen molar-refractivity contribution in [2.24, 2.45) is 0 Å². The lowest BCUT2D eigenvalue weighted by molar-refractivity contribution is 1.16. The number of nitrogens with zero attached hydrogens (tertiary/aromatic N) is 6. The first kappa shape index (κ1) is 86.2. The first-order chi connectivity index (χ1) is 73.4. The monoisotopic (exact) mass is 1880 g/mol. The van der Waals surface area contributed by atoms with Crippen LogP contribution < -0.4 is 0 Å². The van der Waals surface area contributed by atoms with Gasteiger partial charge in [-0.1, -0.05) is 419 Å². The largest absolute Gasteiger partial charge is 0.309 e. The fourth-order valence-corrected chi connectivity index (χ4v) is 23.3. The lowest BCUT2D eigenvalue weighted by atomic mass is 9.98. The van der Waals surface area contributed by atoms with E-state index < -0.39 is 0 Å². The minimum Gasteiger partial charge on any atom is -0.309 e. The molecule has 6 heteroatoms. The van der Waals surface area contributed by atoms with Gasteiger partial charge in [-0.15, -0.1) is 0 Å². The summed E-state index contributed by atoms with van der Waals surface area (Å²) in [6.07, 6.45) is 0. The molecule has 0 amide bonds. The van der Waals surface area contributed by atoms with Gasteiger partial charge in [-0.3, -0.25) is 0 Å². The molecule has 30 rings (SSSR count). The number of fused-ring (bicyclic) bond motifs is 19. The Kier molecular flexibility index (Phi) is 21.2. The highest BCUT2D eigenvalue weighted by molar-refractivity contribution is 6.25. The van der Waals surface area contributed by atoms with E-state index in [0.717, 1.165) is 28.4 Å². The van der Waals surface area contributed by atoms with Gasteiger partial charge in [-0.25, -0.2) is 0 Å². The van der Waals surface area contributed by atoms with E-state index in [9.17, 15) is 0 Å². The lowest BCUT2D eigenvalue weighted by Crippen LogP contribution is -1.97. The van der Waals surface area contributed by atoms with Gasteiger partial charge in [0.25, 0.3) is 0 Å². The molecule has 148 heavy (non-hydrogen) atoms. The fourth-order valence-electron chi connectivity index (χ4n) is 23.3. The Bertz CT molecular complexity index is 10300. The van der Waals surface area contributed by atoms with Crippen LogP contribution in [-0.2, 0) is 0 Å². The van der Waals surface area contributed by atoms with Crippen LogP contribution in [0.4, 0.5) is 0 Å². The van der Waals surface area contributed by atoms with Crippen molar-refractivity contribution in [3.63, 3.8) is 0 Å². The second-order valence-electron chi connectivity index (χ2n) is 38.6. The average molecular weight is 1880 g/mol. The molecular formula is C142H94N6. The molecule has 0 N–H and O–H groups in total. The molecule has 6 heterocycles. The van der Waals surface area contributed by atoms with Crippen molar-refractivity contribution in [1.82, 2.24) is 27.4 Å². The van der Waals surface area contributed by atoms with E-state index in [0.29, 0.717) is 0 Å². The van der Waals surface area contributed by atoms with Crippen molar-refractivity contribution in [1.29, 1.82) is 0 Å². The zero-order chi connectivity index (χ0) is 97.6. The molecule has 0 aliphatic heterocycles. The van der Waals surface area contributed by atoms with Gasteiger partial charge in [0.05, 0.1) is 66.2 Å². The molecule has 0 atom stereocenters. The molecule has 24 aromatic carbocycles. The van der Waals surface area contributed by atoms with Gasteiger partial charge in [0, 0.05) is 104 Å². The van der Waals surface area contributed by atoms with E-state index in [1.807, 2.05) is 0 Å². The van der Waals surface area contributed by atoms with Crippen molar-refractivity contribution in [2.75, 3.05) is 0 Å². The van der Waals surface area contributed by atoms with Gasteiger partial charge < -0.3 is 27.4 Å². The Labute approximate surface area is 856 Å². The summed E-state index contributed by atoms with van der Waals surface area (Å²) in [6.45, 7) is 0. The summed E-state index contributed by atoms with van der Waals surface area (Å²) in [5, 5.41) is 17.5. The highest BCUT2D eigenvalue weighted by Crippen LogP contribution is 2.49. The van der Waals surface area contributed by atoms with Crippen LogP contribution in [0.15, 0.2) is 570 Å². The Morgan fingerprint density at radius 3 is 0.905 bits per heavy atom. The van der Waals surface area contributed by atoms with E-state index >= 15 is 0 Å². The van der Waals surface area contributed by atoms with Crippen molar-refractivity contribution in [3.05, 3.63) is 570 Å².